The Labute approximate surface area is 106 Å². The molecular formula is C11H5Cl2NO3. The fourth-order valence-electron chi connectivity index (χ4n) is 1.32. The second-order valence-electron chi connectivity index (χ2n) is 3.12. The number of furan rings is 1. The minimum absolute atomic E-state index is 0.136. The second-order valence-corrected chi connectivity index (χ2v) is 4.22. The van der Waals surface area contributed by atoms with Gasteiger partial charge in [0.15, 0.2) is 11.3 Å². The van der Waals surface area contributed by atoms with Crippen molar-refractivity contribution in [2.24, 2.45) is 0 Å². The lowest BCUT2D eigenvalue weighted by molar-refractivity contribution is -0.132. The molecule has 1 aromatic carbocycles. The van der Waals surface area contributed by atoms with E-state index in [0.717, 1.165) is 0 Å². The molecule has 17 heavy (non-hydrogen) atoms. The van der Waals surface area contributed by atoms with Gasteiger partial charge in [-0.15, -0.1) is 0 Å². The van der Waals surface area contributed by atoms with Crippen LogP contribution in [-0.2, 0) is 4.79 Å². The van der Waals surface area contributed by atoms with Gasteiger partial charge in [0.2, 0.25) is 10.6 Å². The minimum atomic E-state index is -1.27. The number of benzene rings is 1. The molecule has 0 N–H and O–H groups in total. The number of carbonyl (C=O) groups excluding carboxylic acids is 1. The van der Waals surface area contributed by atoms with Crippen LogP contribution in [0.3, 0.4) is 0 Å². The Morgan fingerprint density at radius 3 is 2.88 bits per heavy atom. The van der Waals surface area contributed by atoms with E-state index < -0.39 is 10.8 Å². The van der Waals surface area contributed by atoms with Gasteiger partial charge in [-0.2, -0.15) is 5.26 Å². The van der Waals surface area contributed by atoms with Crippen molar-refractivity contribution < 1.29 is 13.9 Å². The molecule has 0 bridgehead atoms. The average Bonchev–Trinajstić information content (AvgIpc) is 2.72. The zero-order chi connectivity index (χ0) is 12.4. The maximum Gasteiger partial charge on any atom is 0.344 e. The Morgan fingerprint density at radius 2 is 2.24 bits per heavy atom. The predicted octanol–water partition coefficient (Wildman–Crippen LogP) is 3.01. The molecule has 2 aromatic rings. The van der Waals surface area contributed by atoms with Gasteiger partial charge in [-0.3, -0.25) is 0 Å². The van der Waals surface area contributed by atoms with E-state index in [4.69, 9.17) is 37.6 Å². The van der Waals surface area contributed by atoms with Crippen molar-refractivity contribution >= 4 is 40.1 Å². The number of nitriles is 1. The topological polar surface area (TPSA) is 63.2 Å². The van der Waals surface area contributed by atoms with Crippen molar-refractivity contribution in [2.75, 3.05) is 0 Å². The first-order chi connectivity index (χ1) is 8.11. The Bertz CT molecular complexity index is 613. The standard InChI is InChI=1S/C11H5Cl2NO3/c12-10(13)11(15)17-8-3-1-2-6-4-7(5-14)16-9(6)8/h1-4,10H. The van der Waals surface area contributed by atoms with E-state index in [9.17, 15) is 4.79 Å². The molecule has 0 aliphatic heterocycles. The van der Waals surface area contributed by atoms with Gasteiger partial charge in [0, 0.05) is 11.5 Å². The number of rotatable bonds is 2. The highest BCUT2D eigenvalue weighted by Gasteiger charge is 2.17. The summed E-state index contributed by atoms with van der Waals surface area (Å²) in [6.07, 6.45) is 0. The van der Waals surface area contributed by atoms with Gasteiger partial charge in [0.25, 0.3) is 0 Å². The number of alkyl halides is 2. The zero-order valence-electron chi connectivity index (χ0n) is 8.31. The third-order valence-electron chi connectivity index (χ3n) is 2.01. The van der Waals surface area contributed by atoms with Crippen LogP contribution < -0.4 is 4.74 Å². The molecule has 0 aliphatic rings. The highest BCUT2D eigenvalue weighted by molar-refractivity contribution is 6.53. The highest BCUT2D eigenvalue weighted by atomic mass is 35.5. The fraction of sp³-hybridized carbons (Fsp3) is 0.0909. The maximum absolute atomic E-state index is 11.2. The molecule has 0 saturated heterocycles. The fourth-order valence-corrected chi connectivity index (χ4v) is 1.41. The van der Waals surface area contributed by atoms with E-state index in [2.05, 4.69) is 0 Å². The Hall–Kier alpha value is -1.70. The first kappa shape index (κ1) is 11.8. The first-order valence-electron chi connectivity index (χ1n) is 4.54. The number of para-hydroxylation sites is 1. The summed E-state index contributed by atoms with van der Waals surface area (Å²) in [5.74, 6) is -0.479. The molecule has 0 atom stereocenters. The number of esters is 1. The molecule has 0 saturated carbocycles. The van der Waals surface area contributed by atoms with E-state index in [1.165, 1.54) is 6.07 Å². The monoisotopic (exact) mass is 269 g/mol. The zero-order valence-corrected chi connectivity index (χ0v) is 9.83. The number of hydrogen-bond acceptors (Lipinski definition) is 4. The quantitative estimate of drug-likeness (QED) is 0.478. The van der Waals surface area contributed by atoms with Crippen LogP contribution in [0.2, 0.25) is 0 Å². The summed E-state index contributed by atoms with van der Waals surface area (Å²) in [5.41, 5.74) is 0.311. The summed E-state index contributed by atoms with van der Waals surface area (Å²) in [7, 11) is 0. The average molecular weight is 270 g/mol. The maximum atomic E-state index is 11.2. The van der Waals surface area contributed by atoms with E-state index in [-0.39, 0.29) is 11.5 Å². The Kier molecular flexibility index (Phi) is 3.23. The van der Waals surface area contributed by atoms with Crippen molar-refractivity contribution in [3.63, 3.8) is 0 Å². The number of hydrogen-bond donors (Lipinski definition) is 0. The largest absolute Gasteiger partial charge is 0.442 e. The number of ether oxygens (including phenoxy) is 1. The number of halogens is 2. The normalized spacial score (nSPS) is 10.5. The lowest BCUT2D eigenvalue weighted by atomic mass is 10.2. The van der Waals surface area contributed by atoms with Crippen LogP contribution in [0.1, 0.15) is 5.76 Å². The van der Waals surface area contributed by atoms with Gasteiger partial charge in [0.05, 0.1) is 0 Å². The lowest BCUT2D eigenvalue weighted by Gasteiger charge is -2.04. The molecule has 4 nitrogen and oxygen atoms in total. The third-order valence-corrected chi connectivity index (χ3v) is 2.36. The van der Waals surface area contributed by atoms with Gasteiger partial charge in [-0.25, -0.2) is 4.79 Å². The Balaban J connectivity index is 2.44. The molecule has 0 amide bonds. The van der Waals surface area contributed by atoms with Crippen LogP contribution in [-0.4, -0.2) is 10.8 Å². The number of carbonyl (C=O) groups is 1. The van der Waals surface area contributed by atoms with Crippen molar-refractivity contribution in [3.8, 4) is 11.8 Å². The molecule has 0 radical (unpaired) electrons. The summed E-state index contributed by atoms with van der Waals surface area (Å²) in [6.45, 7) is 0. The molecule has 2 rings (SSSR count). The van der Waals surface area contributed by atoms with Crippen LogP contribution in [0.5, 0.6) is 5.75 Å². The van der Waals surface area contributed by atoms with Crippen molar-refractivity contribution in [2.45, 2.75) is 4.84 Å². The van der Waals surface area contributed by atoms with E-state index in [1.807, 2.05) is 6.07 Å². The van der Waals surface area contributed by atoms with Crippen LogP contribution >= 0.6 is 23.2 Å². The second kappa shape index (κ2) is 4.66. The van der Waals surface area contributed by atoms with Crippen molar-refractivity contribution in [1.29, 1.82) is 5.26 Å². The minimum Gasteiger partial charge on any atom is -0.442 e. The molecule has 6 heteroatoms. The van der Waals surface area contributed by atoms with Gasteiger partial charge in [-0.1, -0.05) is 35.3 Å². The lowest BCUT2D eigenvalue weighted by Crippen LogP contribution is -2.15. The van der Waals surface area contributed by atoms with Gasteiger partial charge in [-0.05, 0) is 6.07 Å². The summed E-state index contributed by atoms with van der Waals surface area (Å²) in [5, 5.41) is 9.37. The summed E-state index contributed by atoms with van der Waals surface area (Å²) in [4.78, 5) is 9.97. The van der Waals surface area contributed by atoms with Gasteiger partial charge < -0.3 is 9.15 Å². The third kappa shape index (κ3) is 2.36. The van der Waals surface area contributed by atoms with Crippen LogP contribution in [0.4, 0.5) is 0 Å². The molecule has 0 unspecified atom stereocenters. The molecule has 0 fully saturated rings. The summed E-state index contributed by atoms with van der Waals surface area (Å²) in [6, 6.07) is 8.33. The van der Waals surface area contributed by atoms with Gasteiger partial charge in [0.1, 0.15) is 6.07 Å². The van der Waals surface area contributed by atoms with E-state index in [0.29, 0.717) is 11.0 Å². The van der Waals surface area contributed by atoms with Crippen LogP contribution in [0.25, 0.3) is 11.0 Å². The molecule has 0 aliphatic carbocycles. The van der Waals surface area contributed by atoms with E-state index >= 15 is 0 Å². The molecule has 1 heterocycles. The van der Waals surface area contributed by atoms with Crippen molar-refractivity contribution in [1.82, 2.24) is 0 Å². The first-order valence-corrected chi connectivity index (χ1v) is 5.41. The summed E-state index contributed by atoms with van der Waals surface area (Å²) >= 11 is 10.7. The SMILES string of the molecule is N#Cc1cc2cccc(OC(=O)C(Cl)Cl)c2o1. The van der Waals surface area contributed by atoms with Gasteiger partial charge >= 0.3 is 5.97 Å². The molecule has 0 spiro atoms. The molecular weight excluding hydrogens is 265 g/mol. The molecule has 1 aromatic heterocycles. The van der Waals surface area contributed by atoms with E-state index in [1.54, 1.807) is 18.2 Å². The molecule has 86 valence electrons. The Morgan fingerprint density at radius 1 is 1.47 bits per heavy atom. The highest BCUT2D eigenvalue weighted by Crippen LogP contribution is 2.29. The predicted molar refractivity (Wildman–Crippen MR) is 62.1 cm³/mol. The van der Waals surface area contributed by atoms with Crippen LogP contribution in [0.15, 0.2) is 28.7 Å². The van der Waals surface area contributed by atoms with Crippen molar-refractivity contribution in [3.05, 3.63) is 30.0 Å². The van der Waals surface area contributed by atoms with Crippen LogP contribution in [0, 0.1) is 11.3 Å². The number of fused-ring (bicyclic) bond motifs is 1. The summed E-state index contributed by atoms with van der Waals surface area (Å²) < 4.78 is 10.1. The number of nitrogens with zero attached hydrogens (tertiary/aromatic N) is 1. The smallest absolute Gasteiger partial charge is 0.344 e.